The Morgan fingerprint density at radius 2 is 1.67 bits per heavy atom. The van der Waals surface area contributed by atoms with E-state index in [1.165, 1.54) is 12.8 Å². The van der Waals surface area contributed by atoms with E-state index in [4.69, 9.17) is 0 Å². The van der Waals surface area contributed by atoms with Crippen LogP contribution in [0.25, 0.3) is 0 Å². The molecule has 5 rings (SSSR count). The molecule has 30 heavy (non-hydrogen) atoms. The summed E-state index contributed by atoms with van der Waals surface area (Å²) in [5.41, 5.74) is 1.25. The molecule has 4 aliphatic rings. The molecule has 5 nitrogen and oxygen atoms in total. The Kier molecular flexibility index (Phi) is 5.38. The van der Waals surface area contributed by atoms with Gasteiger partial charge in [0.15, 0.2) is 0 Å². The molecule has 1 spiro atoms. The van der Waals surface area contributed by atoms with Crippen LogP contribution in [0.15, 0.2) is 18.2 Å². The SMILES string of the molecule is O=C1N([C@H]2CC[C@H](O)CC2)CCC12CCCN(c1ccc(N3CCCC3)cc1F)C2. The monoisotopic (exact) mass is 415 g/mol. The molecule has 164 valence electrons. The fourth-order valence-electron chi connectivity index (χ4n) is 6.21. The molecular weight excluding hydrogens is 381 g/mol. The van der Waals surface area contributed by atoms with Crippen molar-refractivity contribution < 1.29 is 14.3 Å². The average Bonchev–Trinajstić information content (AvgIpc) is 3.39. The minimum Gasteiger partial charge on any atom is -0.393 e. The van der Waals surface area contributed by atoms with Crippen LogP contribution in [0, 0.1) is 11.2 Å². The standard InChI is InChI=1S/C24H34FN3O2/c25-21-16-19(26-12-1-2-13-26)6-9-22(21)27-14-3-10-24(17-27)11-15-28(23(24)30)18-4-7-20(29)8-5-18/h6,9,16,18,20,29H,1-5,7-8,10-15,17H2/t18-,20-,24?. The van der Waals surface area contributed by atoms with Crippen molar-refractivity contribution >= 4 is 17.3 Å². The van der Waals surface area contributed by atoms with E-state index in [1.54, 1.807) is 6.07 Å². The molecule has 1 saturated carbocycles. The number of aliphatic hydroxyl groups excluding tert-OH is 1. The van der Waals surface area contributed by atoms with Crippen molar-refractivity contribution in [1.82, 2.24) is 4.90 Å². The van der Waals surface area contributed by atoms with E-state index in [0.29, 0.717) is 12.2 Å². The van der Waals surface area contributed by atoms with Crippen molar-refractivity contribution in [2.45, 2.75) is 69.9 Å². The predicted octanol–water partition coefficient (Wildman–Crippen LogP) is 3.55. The zero-order chi connectivity index (χ0) is 20.7. The van der Waals surface area contributed by atoms with Gasteiger partial charge in [0, 0.05) is 44.5 Å². The highest BCUT2D eigenvalue weighted by Gasteiger charge is 2.50. The van der Waals surface area contributed by atoms with E-state index < -0.39 is 0 Å². The van der Waals surface area contributed by atoms with Gasteiger partial charge in [0.1, 0.15) is 5.82 Å². The zero-order valence-electron chi connectivity index (χ0n) is 17.9. The maximum Gasteiger partial charge on any atom is 0.230 e. The summed E-state index contributed by atoms with van der Waals surface area (Å²) in [6, 6.07) is 5.91. The number of likely N-dealkylation sites (tertiary alicyclic amines) is 1. The maximum atomic E-state index is 15.1. The largest absolute Gasteiger partial charge is 0.393 e. The number of piperidine rings is 1. The van der Waals surface area contributed by atoms with Gasteiger partial charge < -0.3 is 19.8 Å². The Morgan fingerprint density at radius 3 is 2.40 bits per heavy atom. The first-order valence-corrected chi connectivity index (χ1v) is 11.8. The summed E-state index contributed by atoms with van der Waals surface area (Å²) >= 11 is 0. The van der Waals surface area contributed by atoms with E-state index in [1.807, 2.05) is 12.1 Å². The van der Waals surface area contributed by atoms with Crippen LogP contribution < -0.4 is 9.80 Å². The van der Waals surface area contributed by atoms with Crippen LogP contribution >= 0.6 is 0 Å². The van der Waals surface area contributed by atoms with Crippen LogP contribution in [0.1, 0.15) is 57.8 Å². The number of anilines is 2. The number of carbonyl (C=O) groups excluding carboxylic acids is 1. The molecule has 1 aromatic carbocycles. The predicted molar refractivity (Wildman–Crippen MR) is 116 cm³/mol. The fourth-order valence-corrected chi connectivity index (χ4v) is 6.21. The first kappa shape index (κ1) is 20.1. The van der Waals surface area contributed by atoms with Crippen molar-refractivity contribution in [2.75, 3.05) is 42.5 Å². The number of nitrogens with zero attached hydrogens (tertiary/aromatic N) is 3. The Morgan fingerprint density at radius 1 is 0.933 bits per heavy atom. The van der Waals surface area contributed by atoms with Crippen LogP contribution in [-0.2, 0) is 4.79 Å². The molecule has 1 aliphatic carbocycles. The summed E-state index contributed by atoms with van der Waals surface area (Å²) in [5.74, 6) is 0.0997. The highest BCUT2D eigenvalue weighted by Crippen LogP contribution is 2.44. The second-order valence-corrected chi connectivity index (χ2v) is 9.85. The van der Waals surface area contributed by atoms with E-state index >= 15 is 4.39 Å². The van der Waals surface area contributed by atoms with E-state index in [0.717, 1.165) is 76.8 Å². The van der Waals surface area contributed by atoms with Crippen LogP contribution in [0.5, 0.6) is 0 Å². The first-order valence-electron chi connectivity index (χ1n) is 11.8. The minimum absolute atomic E-state index is 0.167. The van der Waals surface area contributed by atoms with Gasteiger partial charge >= 0.3 is 0 Å². The van der Waals surface area contributed by atoms with Gasteiger partial charge in [0.25, 0.3) is 0 Å². The minimum atomic E-state index is -0.367. The van der Waals surface area contributed by atoms with E-state index in [-0.39, 0.29) is 29.3 Å². The van der Waals surface area contributed by atoms with Gasteiger partial charge in [-0.05, 0) is 76.0 Å². The number of rotatable bonds is 3. The molecule has 3 saturated heterocycles. The lowest BCUT2D eigenvalue weighted by Gasteiger charge is -2.41. The number of benzene rings is 1. The van der Waals surface area contributed by atoms with Crippen LogP contribution in [0.3, 0.4) is 0 Å². The highest BCUT2D eigenvalue weighted by atomic mass is 19.1. The Bertz CT molecular complexity index is 789. The molecule has 1 amide bonds. The van der Waals surface area contributed by atoms with Gasteiger partial charge in [0.05, 0.1) is 17.2 Å². The topological polar surface area (TPSA) is 47.0 Å². The third-order valence-electron chi connectivity index (χ3n) is 7.97. The summed E-state index contributed by atoms with van der Waals surface area (Å²) in [6.07, 6.45) is 8.24. The van der Waals surface area contributed by atoms with Gasteiger partial charge in [-0.25, -0.2) is 4.39 Å². The number of hydrogen-bond acceptors (Lipinski definition) is 4. The lowest BCUT2D eigenvalue weighted by molar-refractivity contribution is -0.139. The molecule has 1 aromatic rings. The molecule has 6 heteroatoms. The fraction of sp³-hybridized carbons (Fsp3) is 0.708. The first-order chi connectivity index (χ1) is 14.6. The number of carbonyl (C=O) groups is 1. The number of amides is 1. The second-order valence-electron chi connectivity index (χ2n) is 9.85. The number of halogens is 1. The van der Waals surface area contributed by atoms with Crippen LogP contribution in [-0.4, -0.2) is 60.8 Å². The maximum absolute atomic E-state index is 15.1. The smallest absolute Gasteiger partial charge is 0.230 e. The summed E-state index contributed by atoms with van der Waals surface area (Å²) in [4.78, 5) is 19.9. The quantitative estimate of drug-likeness (QED) is 0.820. The van der Waals surface area contributed by atoms with Gasteiger partial charge in [-0.2, -0.15) is 0 Å². The van der Waals surface area contributed by atoms with Gasteiger partial charge in [-0.1, -0.05) is 0 Å². The van der Waals surface area contributed by atoms with Gasteiger partial charge in [-0.15, -0.1) is 0 Å². The van der Waals surface area contributed by atoms with Gasteiger partial charge in [0.2, 0.25) is 5.91 Å². The van der Waals surface area contributed by atoms with Crippen molar-refractivity contribution in [1.29, 1.82) is 0 Å². The molecule has 4 fully saturated rings. The molecule has 3 heterocycles. The lowest BCUT2D eigenvalue weighted by Crippen LogP contribution is -2.50. The molecular formula is C24H34FN3O2. The Hall–Kier alpha value is -1.82. The van der Waals surface area contributed by atoms with Crippen molar-refractivity contribution in [3.05, 3.63) is 24.0 Å². The van der Waals surface area contributed by atoms with Crippen molar-refractivity contribution in [3.8, 4) is 0 Å². The summed E-state index contributed by atoms with van der Waals surface area (Å²) < 4.78 is 15.1. The zero-order valence-corrected chi connectivity index (χ0v) is 17.9. The summed E-state index contributed by atoms with van der Waals surface area (Å²) in [5, 5.41) is 9.80. The van der Waals surface area contributed by atoms with Crippen molar-refractivity contribution in [3.63, 3.8) is 0 Å². The summed E-state index contributed by atoms with van der Waals surface area (Å²) in [7, 11) is 0. The number of hydrogen-bond donors (Lipinski definition) is 1. The third-order valence-corrected chi connectivity index (χ3v) is 7.97. The lowest BCUT2D eigenvalue weighted by atomic mass is 9.78. The molecule has 0 bridgehead atoms. The van der Waals surface area contributed by atoms with Crippen molar-refractivity contribution in [2.24, 2.45) is 5.41 Å². The average molecular weight is 416 g/mol. The molecule has 1 N–H and O–H groups in total. The number of aliphatic hydroxyl groups is 1. The Labute approximate surface area is 178 Å². The van der Waals surface area contributed by atoms with Crippen LogP contribution in [0.2, 0.25) is 0 Å². The second kappa shape index (κ2) is 8.03. The Balaban J connectivity index is 1.30. The molecule has 0 aromatic heterocycles. The molecule has 0 radical (unpaired) electrons. The summed E-state index contributed by atoms with van der Waals surface area (Å²) in [6.45, 7) is 4.26. The normalized spacial score (nSPS) is 32.5. The van der Waals surface area contributed by atoms with E-state index in [2.05, 4.69) is 14.7 Å². The van der Waals surface area contributed by atoms with Gasteiger partial charge in [-0.3, -0.25) is 4.79 Å². The molecule has 3 aliphatic heterocycles. The molecule has 1 unspecified atom stereocenters. The third kappa shape index (κ3) is 3.57. The highest BCUT2D eigenvalue weighted by molar-refractivity contribution is 5.86. The molecule has 1 atom stereocenters. The van der Waals surface area contributed by atoms with Crippen LogP contribution in [0.4, 0.5) is 15.8 Å². The van der Waals surface area contributed by atoms with E-state index in [9.17, 15) is 9.90 Å².